The van der Waals surface area contributed by atoms with Crippen LogP contribution in [0.2, 0.25) is 0 Å². The largest absolute Gasteiger partial charge is 0.0810 e. The molecule has 14 heavy (non-hydrogen) atoms. The first-order chi connectivity index (χ1) is 6.86. The predicted molar refractivity (Wildman–Crippen MR) is 64.5 cm³/mol. The summed E-state index contributed by atoms with van der Waals surface area (Å²) in [6.45, 7) is 4.54. The van der Waals surface area contributed by atoms with E-state index in [0.717, 1.165) is 0 Å². The van der Waals surface area contributed by atoms with Crippen molar-refractivity contribution in [3.8, 4) is 0 Å². The van der Waals surface area contributed by atoms with Crippen molar-refractivity contribution in [1.82, 2.24) is 0 Å². The molecule has 0 fully saturated rings. The Bertz CT molecular complexity index is 208. The van der Waals surface area contributed by atoms with Gasteiger partial charge in [0.25, 0.3) is 0 Å². The van der Waals surface area contributed by atoms with E-state index >= 15 is 0 Å². The maximum Gasteiger partial charge on any atom is -0.0282 e. The molecule has 0 aromatic rings. The summed E-state index contributed by atoms with van der Waals surface area (Å²) in [5, 5.41) is 0. The number of allylic oxidation sites excluding steroid dienone is 4. The van der Waals surface area contributed by atoms with Crippen LogP contribution in [0.1, 0.15) is 65.2 Å². The Morgan fingerprint density at radius 1 is 1.07 bits per heavy atom. The van der Waals surface area contributed by atoms with Gasteiger partial charge < -0.3 is 0 Å². The Morgan fingerprint density at radius 2 is 1.79 bits per heavy atom. The Morgan fingerprint density at radius 3 is 2.50 bits per heavy atom. The third kappa shape index (κ3) is 4.13. The summed E-state index contributed by atoms with van der Waals surface area (Å²) in [6.07, 6.45) is 15.5. The number of unbranched alkanes of at least 4 members (excludes halogenated alkanes) is 2. The zero-order valence-corrected chi connectivity index (χ0v) is 9.81. The highest BCUT2D eigenvalue weighted by atomic mass is 14.1. The minimum atomic E-state index is 1.29. The predicted octanol–water partition coefficient (Wildman–Crippen LogP) is 5.01. The van der Waals surface area contributed by atoms with Crippen molar-refractivity contribution in [2.45, 2.75) is 65.2 Å². The molecule has 0 N–H and O–H groups in total. The summed E-state index contributed by atoms with van der Waals surface area (Å²) >= 11 is 0. The van der Waals surface area contributed by atoms with Crippen molar-refractivity contribution in [3.05, 3.63) is 23.3 Å². The van der Waals surface area contributed by atoms with Crippen LogP contribution in [-0.4, -0.2) is 0 Å². The van der Waals surface area contributed by atoms with Gasteiger partial charge in [-0.2, -0.15) is 0 Å². The highest BCUT2D eigenvalue weighted by molar-refractivity contribution is 5.27. The summed E-state index contributed by atoms with van der Waals surface area (Å²) in [7, 11) is 0. The van der Waals surface area contributed by atoms with Gasteiger partial charge in [-0.3, -0.25) is 0 Å². The van der Waals surface area contributed by atoms with Gasteiger partial charge in [0.05, 0.1) is 0 Å². The molecule has 0 heterocycles. The van der Waals surface area contributed by atoms with Crippen molar-refractivity contribution in [2.24, 2.45) is 0 Å². The van der Waals surface area contributed by atoms with Crippen LogP contribution in [0.4, 0.5) is 0 Å². The van der Waals surface area contributed by atoms with E-state index in [2.05, 4.69) is 26.0 Å². The van der Waals surface area contributed by atoms with Gasteiger partial charge >= 0.3 is 0 Å². The van der Waals surface area contributed by atoms with E-state index in [1.807, 2.05) is 0 Å². The number of hydrogen-bond acceptors (Lipinski definition) is 0. The molecule has 1 rings (SSSR count). The normalized spacial score (nSPS) is 16.4. The lowest BCUT2D eigenvalue weighted by Crippen LogP contribution is -1.93. The summed E-state index contributed by atoms with van der Waals surface area (Å²) in [6, 6.07) is 0. The standard InChI is InChI=1S/C14H24/c1-3-5-8-13-10-7-11-14(12-13)9-6-4-2/h10,12H,3-9,11H2,1-2H3. The van der Waals surface area contributed by atoms with Crippen LogP contribution in [0.25, 0.3) is 0 Å². The highest BCUT2D eigenvalue weighted by Gasteiger charge is 2.04. The second-order valence-corrected chi connectivity index (χ2v) is 4.33. The lowest BCUT2D eigenvalue weighted by molar-refractivity contribution is 0.734. The van der Waals surface area contributed by atoms with Gasteiger partial charge in [0.1, 0.15) is 0 Å². The zero-order valence-electron chi connectivity index (χ0n) is 9.81. The van der Waals surface area contributed by atoms with Crippen LogP contribution in [0.5, 0.6) is 0 Å². The van der Waals surface area contributed by atoms with E-state index in [1.165, 1.54) is 51.4 Å². The van der Waals surface area contributed by atoms with E-state index in [1.54, 1.807) is 11.1 Å². The molecule has 80 valence electrons. The van der Waals surface area contributed by atoms with E-state index < -0.39 is 0 Å². The SMILES string of the molecule is CCCCC1=CCCC(CCCC)=C1. The van der Waals surface area contributed by atoms with Crippen molar-refractivity contribution >= 4 is 0 Å². The minimum absolute atomic E-state index is 1.29. The molecular weight excluding hydrogens is 168 g/mol. The van der Waals surface area contributed by atoms with E-state index in [0.29, 0.717) is 0 Å². The van der Waals surface area contributed by atoms with Crippen LogP contribution in [-0.2, 0) is 0 Å². The fraction of sp³-hybridized carbons (Fsp3) is 0.714. The molecule has 0 heteroatoms. The van der Waals surface area contributed by atoms with Crippen LogP contribution < -0.4 is 0 Å². The first-order valence-electron chi connectivity index (χ1n) is 6.25. The van der Waals surface area contributed by atoms with Crippen LogP contribution in [0.15, 0.2) is 23.3 Å². The second kappa shape index (κ2) is 6.86. The summed E-state index contributed by atoms with van der Waals surface area (Å²) < 4.78 is 0. The molecule has 0 aromatic carbocycles. The van der Waals surface area contributed by atoms with E-state index in [-0.39, 0.29) is 0 Å². The van der Waals surface area contributed by atoms with Crippen LogP contribution >= 0.6 is 0 Å². The first-order valence-corrected chi connectivity index (χ1v) is 6.25. The van der Waals surface area contributed by atoms with Gasteiger partial charge in [0.2, 0.25) is 0 Å². The second-order valence-electron chi connectivity index (χ2n) is 4.33. The highest BCUT2D eigenvalue weighted by Crippen LogP contribution is 2.24. The Labute approximate surface area is 89.1 Å². The monoisotopic (exact) mass is 192 g/mol. The lowest BCUT2D eigenvalue weighted by atomic mass is 9.93. The molecule has 1 aliphatic rings. The van der Waals surface area contributed by atoms with Crippen molar-refractivity contribution in [1.29, 1.82) is 0 Å². The van der Waals surface area contributed by atoms with Crippen molar-refractivity contribution in [3.63, 3.8) is 0 Å². The summed E-state index contributed by atoms with van der Waals surface area (Å²) in [5.74, 6) is 0. The summed E-state index contributed by atoms with van der Waals surface area (Å²) in [5.41, 5.74) is 3.30. The molecule has 0 radical (unpaired) electrons. The molecule has 0 saturated heterocycles. The molecule has 1 aliphatic carbocycles. The number of rotatable bonds is 6. The van der Waals surface area contributed by atoms with Gasteiger partial charge in [-0.05, 0) is 38.5 Å². The Balaban J connectivity index is 2.37. The average molecular weight is 192 g/mol. The first kappa shape index (κ1) is 11.6. The van der Waals surface area contributed by atoms with Crippen LogP contribution in [0.3, 0.4) is 0 Å². The van der Waals surface area contributed by atoms with Gasteiger partial charge in [-0.15, -0.1) is 0 Å². The van der Waals surface area contributed by atoms with Gasteiger partial charge in [0, 0.05) is 0 Å². The molecule has 0 atom stereocenters. The molecule has 0 amide bonds. The molecule has 0 spiro atoms. The van der Waals surface area contributed by atoms with E-state index in [4.69, 9.17) is 0 Å². The Kier molecular flexibility index (Phi) is 5.66. The molecule has 0 aliphatic heterocycles. The fourth-order valence-corrected chi connectivity index (χ4v) is 1.99. The Hall–Kier alpha value is -0.520. The van der Waals surface area contributed by atoms with Crippen molar-refractivity contribution < 1.29 is 0 Å². The molecule has 0 unspecified atom stereocenters. The third-order valence-electron chi connectivity index (χ3n) is 2.93. The fourth-order valence-electron chi connectivity index (χ4n) is 1.99. The molecule has 0 nitrogen and oxygen atoms in total. The maximum absolute atomic E-state index is 2.47. The minimum Gasteiger partial charge on any atom is -0.0810 e. The quantitative estimate of drug-likeness (QED) is 0.554. The van der Waals surface area contributed by atoms with Gasteiger partial charge in [-0.25, -0.2) is 0 Å². The third-order valence-corrected chi connectivity index (χ3v) is 2.93. The lowest BCUT2D eigenvalue weighted by Gasteiger charge is -2.13. The molecule has 0 saturated carbocycles. The maximum atomic E-state index is 2.47. The zero-order chi connectivity index (χ0) is 10.2. The topological polar surface area (TPSA) is 0 Å². The van der Waals surface area contributed by atoms with Crippen molar-refractivity contribution in [2.75, 3.05) is 0 Å². The number of hydrogen-bond donors (Lipinski definition) is 0. The smallest absolute Gasteiger partial charge is 0.0282 e. The molecule has 0 bridgehead atoms. The molecule has 0 aromatic heterocycles. The average Bonchev–Trinajstić information content (AvgIpc) is 2.24. The van der Waals surface area contributed by atoms with Gasteiger partial charge in [-0.1, -0.05) is 50.0 Å². The van der Waals surface area contributed by atoms with Gasteiger partial charge in [0.15, 0.2) is 0 Å². The van der Waals surface area contributed by atoms with E-state index in [9.17, 15) is 0 Å². The van der Waals surface area contributed by atoms with Crippen LogP contribution in [0, 0.1) is 0 Å². The molecular formula is C14H24. The summed E-state index contributed by atoms with van der Waals surface area (Å²) in [4.78, 5) is 0.